The van der Waals surface area contributed by atoms with E-state index in [1.165, 1.54) is 0 Å². The van der Waals surface area contributed by atoms with E-state index in [0.717, 1.165) is 61.0 Å². The van der Waals surface area contributed by atoms with Gasteiger partial charge in [-0.2, -0.15) is 0 Å². The fourth-order valence-electron chi connectivity index (χ4n) is 3.67. The van der Waals surface area contributed by atoms with Crippen LogP contribution in [0.4, 0.5) is 0 Å². The van der Waals surface area contributed by atoms with Crippen LogP contribution < -0.4 is 9.47 Å². The minimum Gasteiger partial charge on any atom is -0.493 e. The first-order valence-electron chi connectivity index (χ1n) is 9.44. The molecule has 0 saturated carbocycles. The second kappa shape index (κ2) is 8.39. The van der Waals surface area contributed by atoms with Crippen LogP contribution in [0, 0.1) is 0 Å². The van der Waals surface area contributed by atoms with E-state index in [2.05, 4.69) is 26.1 Å². The molecule has 0 aliphatic carbocycles. The smallest absolute Gasteiger partial charge is 0.247 e. The van der Waals surface area contributed by atoms with Crippen LogP contribution in [0.25, 0.3) is 11.5 Å². The third-order valence-electron chi connectivity index (χ3n) is 5.18. The number of rotatable bonds is 6. The van der Waals surface area contributed by atoms with Gasteiger partial charge in [0.05, 0.1) is 14.2 Å². The molecule has 0 atom stereocenters. The normalized spacial score (nSPS) is 15.5. The number of nitrogens with zero attached hydrogens (tertiary/aromatic N) is 4. The molecule has 4 rings (SSSR count). The molecule has 1 aromatic carbocycles. The third-order valence-corrected chi connectivity index (χ3v) is 5.18. The van der Waals surface area contributed by atoms with Gasteiger partial charge < -0.3 is 13.9 Å². The quantitative estimate of drug-likeness (QED) is 0.648. The predicted octanol–water partition coefficient (Wildman–Crippen LogP) is 3.53. The Kier molecular flexibility index (Phi) is 5.53. The van der Waals surface area contributed by atoms with Crippen LogP contribution in [-0.2, 0) is 6.54 Å². The van der Waals surface area contributed by atoms with Gasteiger partial charge in [0.15, 0.2) is 11.5 Å². The summed E-state index contributed by atoms with van der Waals surface area (Å²) in [6.07, 6.45) is 5.43. The molecular weight excluding hydrogens is 356 g/mol. The predicted molar refractivity (Wildman–Crippen MR) is 104 cm³/mol. The molecule has 146 valence electrons. The number of hydrogen-bond donors (Lipinski definition) is 0. The molecule has 0 radical (unpaired) electrons. The summed E-state index contributed by atoms with van der Waals surface area (Å²) in [4.78, 5) is 6.45. The number of methoxy groups -OCH3 is 2. The van der Waals surface area contributed by atoms with Gasteiger partial charge in [-0.3, -0.25) is 9.88 Å². The van der Waals surface area contributed by atoms with Crippen molar-refractivity contribution in [2.75, 3.05) is 27.3 Å². The number of para-hydroxylation sites is 1. The van der Waals surface area contributed by atoms with Gasteiger partial charge in [-0.15, -0.1) is 10.2 Å². The minimum atomic E-state index is 0.298. The molecule has 0 bridgehead atoms. The lowest BCUT2D eigenvalue weighted by atomic mass is 9.96. The summed E-state index contributed by atoms with van der Waals surface area (Å²) in [5.74, 6) is 3.16. The summed E-state index contributed by atoms with van der Waals surface area (Å²) < 4.78 is 16.9. The highest BCUT2D eigenvalue weighted by Gasteiger charge is 2.26. The number of pyridine rings is 1. The molecule has 1 aliphatic heterocycles. The Labute approximate surface area is 164 Å². The van der Waals surface area contributed by atoms with Crippen LogP contribution in [-0.4, -0.2) is 47.4 Å². The summed E-state index contributed by atoms with van der Waals surface area (Å²) in [6.45, 7) is 2.77. The largest absolute Gasteiger partial charge is 0.493 e. The lowest BCUT2D eigenvalue weighted by molar-refractivity contribution is 0.191. The minimum absolute atomic E-state index is 0.298. The summed E-state index contributed by atoms with van der Waals surface area (Å²) in [7, 11) is 3.35. The number of benzene rings is 1. The van der Waals surface area contributed by atoms with Crippen molar-refractivity contribution >= 4 is 0 Å². The maximum atomic E-state index is 5.92. The van der Waals surface area contributed by atoms with Crippen LogP contribution in [0.1, 0.15) is 30.2 Å². The molecule has 1 saturated heterocycles. The van der Waals surface area contributed by atoms with Crippen LogP contribution in [0.3, 0.4) is 0 Å². The Hall–Kier alpha value is -2.93. The zero-order valence-electron chi connectivity index (χ0n) is 16.2. The van der Waals surface area contributed by atoms with Gasteiger partial charge in [0.1, 0.15) is 0 Å². The van der Waals surface area contributed by atoms with E-state index >= 15 is 0 Å². The van der Waals surface area contributed by atoms with E-state index in [0.29, 0.717) is 11.8 Å². The fraction of sp³-hybridized carbons (Fsp3) is 0.381. The Morgan fingerprint density at radius 3 is 2.54 bits per heavy atom. The number of hydrogen-bond acceptors (Lipinski definition) is 7. The summed E-state index contributed by atoms with van der Waals surface area (Å²) >= 11 is 0. The Balaban J connectivity index is 1.39. The van der Waals surface area contributed by atoms with Crippen molar-refractivity contribution in [1.29, 1.82) is 0 Å². The molecule has 1 aliphatic rings. The Morgan fingerprint density at radius 1 is 1.04 bits per heavy atom. The van der Waals surface area contributed by atoms with Gasteiger partial charge in [0.25, 0.3) is 0 Å². The average molecular weight is 380 g/mol. The molecule has 7 nitrogen and oxygen atoms in total. The summed E-state index contributed by atoms with van der Waals surface area (Å²) in [5.41, 5.74) is 2.04. The van der Waals surface area contributed by atoms with Gasteiger partial charge >= 0.3 is 0 Å². The van der Waals surface area contributed by atoms with Gasteiger partial charge in [0.2, 0.25) is 11.8 Å². The van der Waals surface area contributed by atoms with Gasteiger partial charge in [-0.1, -0.05) is 12.1 Å². The van der Waals surface area contributed by atoms with Crippen molar-refractivity contribution in [2.45, 2.75) is 25.3 Å². The van der Waals surface area contributed by atoms with Crippen molar-refractivity contribution in [3.8, 4) is 23.0 Å². The zero-order valence-corrected chi connectivity index (χ0v) is 16.2. The highest BCUT2D eigenvalue weighted by Crippen LogP contribution is 2.34. The molecule has 1 fully saturated rings. The zero-order chi connectivity index (χ0) is 19.3. The van der Waals surface area contributed by atoms with E-state index in [9.17, 15) is 0 Å². The molecule has 3 aromatic rings. The summed E-state index contributed by atoms with van der Waals surface area (Å²) in [5, 5.41) is 8.48. The van der Waals surface area contributed by atoms with Crippen molar-refractivity contribution < 1.29 is 13.9 Å². The average Bonchev–Trinajstić information content (AvgIpc) is 3.25. The second-order valence-corrected chi connectivity index (χ2v) is 6.88. The second-order valence-electron chi connectivity index (χ2n) is 6.88. The van der Waals surface area contributed by atoms with Crippen LogP contribution in [0.2, 0.25) is 0 Å². The number of piperidine rings is 1. The third kappa shape index (κ3) is 3.84. The number of aromatic nitrogens is 3. The van der Waals surface area contributed by atoms with Gasteiger partial charge in [-0.05, 0) is 44.1 Å². The first-order valence-corrected chi connectivity index (χ1v) is 9.44. The standard InChI is InChI=1S/C21H24N4O3/c1-26-18-5-3-4-17(19(18)27-2)14-25-12-8-16(9-13-25)21-24-23-20(28-21)15-6-10-22-11-7-15/h3-7,10-11,16H,8-9,12-14H2,1-2H3. The summed E-state index contributed by atoms with van der Waals surface area (Å²) in [6, 6.07) is 9.77. The first-order chi connectivity index (χ1) is 13.8. The lowest BCUT2D eigenvalue weighted by Gasteiger charge is -2.30. The van der Waals surface area contributed by atoms with E-state index in [1.807, 2.05) is 24.3 Å². The fourth-order valence-corrected chi connectivity index (χ4v) is 3.67. The molecule has 0 amide bonds. The van der Waals surface area contributed by atoms with Crippen molar-refractivity contribution in [2.24, 2.45) is 0 Å². The monoisotopic (exact) mass is 380 g/mol. The highest BCUT2D eigenvalue weighted by molar-refractivity contribution is 5.50. The molecule has 0 spiro atoms. The Morgan fingerprint density at radius 2 is 1.82 bits per heavy atom. The number of likely N-dealkylation sites (tertiary alicyclic amines) is 1. The van der Waals surface area contributed by atoms with Crippen molar-refractivity contribution in [1.82, 2.24) is 20.1 Å². The van der Waals surface area contributed by atoms with Crippen LogP contribution in [0.5, 0.6) is 11.5 Å². The van der Waals surface area contributed by atoms with E-state index < -0.39 is 0 Å². The SMILES string of the molecule is COc1cccc(CN2CCC(c3nnc(-c4ccncc4)o3)CC2)c1OC. The topological polar surface area (TPSA) is 73.5 Å². The van der Waals surface area contributed by atoms with Gasteiger partial charge in [0, 0.05) is 36.0 Å². The lowest BCUT2D eigenvalue weighted by Crippen LogP contribution is -2.32. The first kappa shape index (κ1) is 18.4. The van der Waals surface area contributed by atoms with Crippen molar-refractivity contribution in [3.63, 3.8) is 0 Å². The molecule has 0 N–H and O–H groups in total. The number of ether oxygens (including phenoxy) is 2. The van der Waals surface area contributed by atoms with E-state index in [1.54, 1.807) is 26.6 Å². The van der Waals surface area contributed by atoms with Crippen molar-refractivity contribution in [3.05, 3.63) is 54.2 Å². The highest BCUT2D eigenvalue weighted by atomic mass is 16.5. The maximum absolute atomic E-state index is 5.92. The molecular formula is C21H24N4O3. The maximum Gasteiger partial charge on any atom is 0.247 e. The molecule has 28 heavy (non-hydrogen) atoms. The van der Waals surface area contributed by atoms with E-state index in [4.69, 9.17) is 13.9 Å². The van der Waals surface area contributed by atoms with E-state index in [-0.39, 0.29) is 0 Å². The molecule has 7 heteroatoms. The molecule has 0 unspecified atom stereocenters. The van der Waals surface area contributed by atoms with Gasteiger partial charge in [-0.25, -0.2) is 0 Å². The Bertz CT molecular complexity index is 905. The van der Waals surface area contributed by atoms with Crippen LogP contribution in [0.15, 0.2) is 47.1 Å². The van der Waals surface area contributed by atoms with Crippen LogP contribution >= 0.6 is 0 Å². The molecule has 2 aromatic heterocycles. The molecule has 3 heterocycles.